The van der Waals surface area contributed by atoms with Gasteiger partial charge in [0.05, 0.1) is 29.3 Å². The van der Waals surface area contributed by atoms with E-state index in [2.05, 4.69) is 23.7 Å². The van der Waals surface area contributed by atoms with E-state index in [1.807, 2.05) is 20.0 Å². The van der Waals surface area contributed by atoms with Crippen LogP contribution >= 0.6 is 0 Å². The summed E-state index contributed by atoms with van der Waals surface area (Å²) in [5, 5.41) is 0. The van der Waals surface area contributed by atoms with E-state index < -0.39 is 16.7 Å². The Kier molecular flexibility index (Phi) is 8.35. The van der Waals surface area contributed by atoms with Crippen LogP contribution in [0.2, 0.25) is 0 Å². The first-order valence-electron chi connectivity index (χ1n) is 12.9. The van der Waals surface area contributed by atoms with Crippen LogP contribution in [-0.4, -0.2) is 77.7 Å². The molecule has 0 spiro atoms. The summed E-state index contributed by atoms with van der Waals surface area (Å²) in [6.07, 6.45) is 2.62. The van der Waals surface area contributed by atoms with Crippen molar-refractivity contribution in [2.45, 2.75) is 58.0 Å². The fourth-order valence-corrected chi connectivity index (χ4v) is 6.28. The molecular formula is C26H36FN5O4S. The first-order valence-corrected chi connectivity index (χ1v) is 14.3. The lowest BCUT2D eigenvalue weighted by Gasteiger charge is -2.36. The normalized spacial score (nSPS) is 15.6. The Labute approximate surface area is 217 Å². The Morgan fingerprint density at radius 3 is 2.51 bits per heavy atom. The van der Waals surface area contributed by atoms with Crippen molar-refractivity contribution in [3.63, 3.8) is 0 Å². The molecule has 9 nitrogen and oxygen atoms in total. The molecule has 4 rings (SSSR count). The predicted molar refractivity (Wildman–Crippen MR) is 142 cm³/mol. The molecule has 0 saturated carbocycles. The molecule has 0 atom stereocenters. The van der Waals surface area contributed by atoms with Crippen molar-refractivity contribution >= 4 is 21.1 Å². The number of sulfonamides is 1. The van der Waals surface area contributed by atoms with Gasteiger partial charge >= 0.3 is 0 Å². The first kappa shape index (κ1) is 27.3. The Hall–Kier alpha value is -2.76. The quantitative estimate of drug-likeness (QED) is 0.429. The molecule has 1 aromatic carbocycles. The van der Waals surface area contributed by atoms with Crippen LogP contribution in [-0.2, 0) is 23.0 Å². The van der Waals surface area contributed by atoms with Gasteiger partial charge in [-0.15, -0.1) is 0 Å². The van der Waals surface area contributed by atoms with Crippen molar-refractivity contribution in [1.82, 2.24) is 23.7 Å². The largest absolute Gasteiger partial charge is 0.493 e. The number of hydrogen-bond acceptors (Lipinski definition) is 6. The second-order valence-electron chi connectivity index (χ2n) is 9.47. The van der Waals surface area contributed by atoms with Gasteiger partial charge in [0.1, 0.15) is 17.1 Å². The zero-order valence-electron chi connectivity index (χ0n) is 22.0. The molecule has 202 valence electrons. The topological polar surface area (TPSA) is 101 Å². The lowest BCUT2D eigenvalue weighted by molar-refractivity contribution is 0.154. The maximum Gasteiger partial charge on any atom is 0.275 e. The van der Waals surface area contributed by atoms with Crippen molar-refractivity contribution in [3.8, 4) is 17.1 Å². The molecule has 0 aliphatic carbocycles. The first-order chi connectivity index (χ1) is 17.7. The Morgan fingerprint density at radius 2 is 1.89 bits per heavy atom. The van der Waals surface area contributed by atoms with E-state index in [0.717, 1.165) is 5.56 Å². The van der Waals surface area contributed by atoms with Crippen LogP contribution in [0.25, 0.3) is 22.4 Å². The maximum atomic E-state index is 13.5. The number of alkyl halides is 1. The molecule has 0 radical (unpaired) electrons. The zero-order chi connectivity index (χ0) is 26.7. The molecule has 3 aromatic rings. The van der Waals surface area contributed by atoms with Gasteiger partial charge in [-0.3, -0.25) is 14.1 Å². The third-order valence-corrected chi connectivity index (χ3v) is 8.76. The van der Waals surface area contributed by atoms with Gasteiger partial charge in [-0.25, -0.2) is 13.4 Å². The van der Waals surface area contributed by atoms with E-state index in [-0.39, 0.29) is 16.3 Å². The van der Waals surface area contributed by atoms with Gasteiger partial charge in [0.25, 0.3) is 5.56 Å². The van der Waals surface area contributed by atoms with E-state index >= 15 is 0 Å². The fraction of sp³-hybridized carbons (Fsp3) is 0.538. The number of nitrogens with zero attached hydrogens (tertiary/aromatic N) is 4. The molecule has 2 aromatic heterocycles. The van der Waals surface area contributed by atoms with E-state index in [9.17, 15) is 17.6 Å². The molecular weight excluding hydrogens is 497 g/mol. The molecule has 1 aliphatic heterocycles. The number of hydrogen-bond donors (Lipinski definition) is 1. The third-order valence-electron chi connectivity index (χ3n) is 6.87. The zero-order valence-corrected chi connectivity index (χ0v) is 22.8. The summed E-state index contributed by atoms with van der Waals surface area (Å²) < 4.78 is 49.1. The lowest BCUT2D eigenvalue weighted by Crippen LogP contribution is -2.50. The smallest absolute Gasteiger partial charge is 0.275 e. The standard InChI is InChI=1S/C26H36FN5O4S/c1-5-30-17-19(8-7-11-27)23-24(30)26(33)29-25(28-23)21-16-20(9-10-22(21)36-6-2)37(34,35)32-14-12-31(13-15-32)18(3)4/h9-10,16-18H,5-8,11-15H2,1-4H3,(H,28,29,33). The minimum atomic E-state index is -3.76. The second-order valence-corrected chi connectivity index (χ2v) is 11.4. The van der Waals surface area contributed by atoms with Crippen molar-refractivity contribution in [2.24, 2.45) is 0 Å². The summed E-state index contributed by atoms with van der Waals surface area (Å²) in [5.74, 6) is 0.645. The molecule has 1 fully saturated rings. The van der Waals surface area contributed by atoms with E-state index in [1.54, 1.807) is 10.6 Å². The molecule has 1 N–H and O–H groups in total. The molecule has 0 unspecified atom stereocenters. The Bertz CT molecular complexity index is 1410. The van der Waals surface area contributed by atoms with Gasteiger partial charge in [-0.05, 0) is 64.3 Å². The van der Waals surface area contributed by atoms with E-state index in [0.29, 0.717) is 80.6 Å². The third kappa shape index (κ3) is 5.44. The van der Waals surface area contributed by atoms with Crippen LogP contribution in [0.5, 0.6) is 5.75 Å². The molecule has 1 saturated heterocycles. The summed E-state index contributed by atoms with van der Waals surface area (Å²) in [4.78, 5) is 23.1. The van der Waals surface area contributed by atoms with Gasteiger partial charge in [0.15, 0.2) is 0 Å². The number of halogens is 1. The van der Waals surface area contributed by atoms with E-state index in [1.165, 1.54) is 16.4 Å². The highest BCUT2D eigenvalue weighted by Crippen LogP contribution is 2.32. The van der Waals surface area contributed by atoms with Crippen molar-refractivity contribution in [3.05, 3.63) is 40.3 Å². The number of benzene rings is 1. The Morgan fingerprint density at radius 1 is 1.16 bits per heavy atom. The van der Waals surface area contributed by atoms with Crippen LogP contribution in [0.1, 0.15) is 39.7 Å². The average Bonchev–Trinajstić information content (AvgIpc) is 3.26. The summed E-state index contributed by atoms with van der Waals surface area (Å²) in [7, 11) is -3.76. The second kappa shape index (κ2) is 11.3. The van der Waals surface area contributed by atoms with Gasteiger partial charge in [-0.2, -0.15) is 4.31 Å². The monoisotopic (exact) mass is 533 g/mol. The van der Waals surface area contributed by atoms with Crippen LogP contribution in [0.3, 0.4) is 0 Å². The number of nitrogens with one attached hydrogen (secondary N) is 1. The minimum Gasteiger partial charge on any atom is -0.493 e. The number of piperazine rings is 1. The predicted octanol–water partition coefficient (Wildman–Crippen LogP) is 3.43. The van der Waals surface area contributed by atoms with Crippen molar-refractivity contribution in [1.29, 1.82) is 0 Å². The number of fused-ring (bicyclic) bond motifs is 1. The molecule has 11 heteroatoms. The highest BCUT2D eigenvalue weighted by Gasteiger charge is 2.30. The fourth-order valence-electron chi connectivity index (χ4n) is 4.83. The SMILES string of the molecule is CCOc1ccc(S(=O)(=O)N2CCN(C(C)C)CC2)cc1-c1nc2c(CCCF)cn(CC)c2c(=O)[nH]1. The molecule has 0 bridgehead atoms. The maximum absolute atomic E-state index is 13.5. The van der Waals surface area contributed by atoms with Crippen LogP contribution < -0.4 is 10.3 Å². The van der Waals surface area contributed by atoms with Crippen LogP contribution in [0.15, 0.2) is 34.1 Å². The van der Waals surface area contributed by atoms with Crippen molar-refractivity contribution < 1.29 is 17.5 Å². The van der Waals surface area contributed by atoms with Crippen molar-refractivity contribution in [2.75, 3.05) is 39.5 Å². The average molecular weight is 534 g/mol. The summed E-state index contributed by atoms with van der Waals surface area (Å²) in [6, 6.07) is 5.03. The summed E-state index contributed by atoms with van der Waals surface area (Å²) >= 11 is 0. The molecule has 0 amide bonds. The van der Waals surface area contributed by atoms with Crippen LogP contribution in [0, 0.1) is 0 Å². The number of ether oxygens (including phenoxy) is 1. The summed E-state index contributed by atoms with van der Waals surface area (Å²) in [5.41, 5.74) is 1.75. The number of aryl methyl sites for hydroxylation is 2. The number of rotatable bonds is 10. The molecule has 3 heterocycles. The van der Waals surface area contributed by atoms with Gasteiger partial charge < -0.3 is 14.3 Å². The molecule has 1 aliphatic rings. The van der Waals surface area contributed by atoms with Gasteiger partial charge in [-0.1, -0.05) is 0 Å². The number of aromatic amines is 1. The Balaban J connectivity index is 1.79. The highest BCUT2D eigenvalue weighted by molar-refractivity contribution is 7.89. The number of aromatic nitrogens is 3. The lowest BCUT2D eigenvalue weighted by atomic mass is 10.1. The molecule has 37 heavy (non-hydrogen) atoms. The van der Waals surface area contributed by atoms with E-state index in [4.69, 9.17) is 9.72 Å². The minimum absolute atomic E-state index is 0.121. The highest BCUT2D eigenvalue weighted by atomic mass is 32.2. The van der Waals surface area contributed by atoms with Gasteiger partial charge in [0.2, 0.25) is 10.0 Å². The van der Waals surface area contributed by atoms with Gasteiger partial charge in [0, 0.05) is 45.0 Å². The van der Waals surface area contributed by atoms with Crippen LogP contribution in [0.4, 0.5) is 4.39 Å². The summed E-state index contributed by atoms with van der Waals surface area (Å²) in [6.45, 7) is 10.6. The number of H-pyrrole nitrogens is 1.